The van der Waals surface area contributed by atoms with Gasteiger partial charge >= 0.3 is 6.03 Å². The molecular formula is C36H45ClN6O6. The fourth-order valence-corrected chi connectivity index (χ4v) is 6.39. The van der Waals surface area contributed by atoms with Crippen LogP contribution in [0.3, 0.4) is 0 Å². The quantitative estimate of drug-likeness (QED) is 0.248. The molecule has 0 unspecified atom stereocenters. The molecule has 1 saturated heterocycles. The first kappa shape index (κ1) is 35.8. The van der Waals surface area contributed by atoms with Crippen LogP contribution in [0.15, 0.2) is 59.8 Å². The van der Waals surface area contributed by atoms with Gasteiger partial charge in [0.1, 0.15) is 12.1 Å². The van der Waals surface area contributed by atoms with Crippen molar-refractivity contribution in [3.8, 4) is 0 Å². The van der Waals surface area contributed by atoms with E-state index in [2.05, 4.69) is 26.4 Å². The van der Waals surface area contributed by atoms with Crippen LogP contribution in [-0.2, 0) is 30.6 Å². The topological polar surface area (TPSA) is 158 Å². The fraction of sp³-hybridized carbons (Fsp3) is 0.500. The number of carbonyl (C=O) groups is 5. The highest BCUT2D eigenvalue weighted by atomic mass is 35.5. The molecule has 2 aromatic carbocycles. The van der Waals surface area contributed by atoms with Crippen LogP contribution in [0.5, 0.6) is 0 Å². The number of hydrogen-bond acceptors (Lipinski definition) is 7. The smallest absolute Gasteiger partial charge is 0.315 e. The second-order valence-electron chi connectivity index (χ2n) is 14.3. The first-order valence-corrected chi connectivity index (χ1v) is 17.2. The van der Waals surface area contributed by atoms with Crippen LogP contribution < -0.4 is 21.3 Å². The number of nitrogens with one attached hydrogen (secondary N) is 4. The Bertz CT molecular complexity index is 1610. The highest BCUT2D eigenvalue weighted by Gasteiger charge is 2.55. The third-order valence-electron chi connectivity index (χ3n) is 9.01. The molecule has 4 atom stereocenters. The monoisotopic (exact) mass is 692 g/mol. The number of benzene rings is 2. The molecule has 0 bridgehead atoms. The lowest BCUT2D eigenvalue weighted by Crippen LogP contribution is -2.60. The van der Waals surface area contributed by atoms with Crippen molar-refractivity contribution in [1.29, 1.82) is 0 Å². The molecule has 2 aliphatic heterocycles. The molecule has 2 fully saturated rings. The number of rotatable bonds is 12. The minimum absolute atomic E-state index is 0.00589. The molecule has 1 spiro atoms. The Morgan fingerprint density at radius 1 is 1.04 bits per heavy atom. The van der Waals surface area contributed by atoms with Gasteiger partial charge in [-0.05, 0) is 42.4 Å². The van der Waals surface area contributed by atoms with E-state index in [4.69, 9.17) is 16.4 Å². The maximum Gasteiger partial charge on any atom is 0.315 e. The third-order valence-corrected chi connectivity index (χ3v) is 9.25. The Kier molecular flexibility index (Phi) is 11.0. The molecular weight excluding hydrogens is 648 g/mol. The summed E-state index contributed by atoms with van der Waals surface area (Å²) >= 11 is 6.24. The van der Waals surface area contributed by atoms with Crippen LogP contribution in [-0.4, -0.2) is 76.5 Å². The number of nitrogens with zero attached hydrogens (tertiary/aromatic N) is 2. The number of Topliss-reactive ketones (excluding diaryl/α,β-unsaturated/α-hetero) is 1. The van der Waals surface area contributed by atoms with Crippen molar-refractivity contribution in [3.05, 3.63) is 70.7 Å². The zero-order valence-electron chi connectivity index (χ0n) is 28.4. The average Bonchev–Trinajstić information content (AvgIpc) is 3.66. The number of ketones is 1. The van der Waals surface area contributed by atoms with Crippen LogP contribution in [0.2, 0.25) is 5.02 Å². The summed E-state index contributed by atoms with van der Waals surface area (Å²) in [6.45, 7) is 7.60. The summed E-state index contributed by atoms with van der Waals surface area (Å²) in [5, 5.41) is 16.0. The number of amides is 5. The minimum Gasteiger partial charge on any atom is -0.387 e. The molecule has 1 aliphatic carbocycles. The zero-order valence-corrected chi connectivity index (χ0v) is 29.1. The molecule has 4 N–H and O–H groups in total. The lowest BCUT2D eigenvalue weighted by molar-refractivity contribution is -0.144. The lowest BCUT2D eigenvalue weighted by Gasteiger charge is -2.35. The second-order valence-corrected chi connectivity index (χ2v) is 14.7. The summed E-state index contributed by atoms with van der Waals surface area (Å²) in [7, 11) is 0. The molecule has 0 radical (unpaired) electrons. The van der Waals surface area contributed by atoms with Gasteiger partial charge in [-0.3, -0.25) is 19.2 Å². The van der Waals surface area contributed by atoms with Gasteiger partial charge in [0, 0.05) is 36.0 Å². The number of oxime groups is 1. The predicted molar refractivity (Wildman–Crippen MR) is 185 cm³/mol. The van der Waals surface area contributed by atoms with E-state index in [9.17, 15) is 24.0 Å². The van der Waals surface area contributed by atoms with Crippen molar-refractivity contribution in [2.45, 2.75) is 103 Å². The van der Waals surface area contributed by atoms with Gasteiger partial charge in [-0.25, -0.2) is 4.79 Å². The summed E-state index contributed by atoms with van der Waals surface area (Å²) in [5.41, 5.74) is 0.483. The van der Waals surface area contributed by atoms with Crippen molar-refractivity contribution in [1.82, 2.24) is 26.2 Å². The highest BCUT2D eigenvalue weighted by molar-refractivity contribution is 6.38. The number of likely N-dealkylation sites (tertiary alicyclic amines) is 1. The second kappa shape index (κ2) is 15.0. The van der Waals surface area contributed by atoms with Gasteiger partial charge in [0.2, 0.25) is 17.6 Å². The summed E-state index contributed by atoms with van der Waals surface area (Å²) in [6.07, 6.45) is 2.80. The van der Waals surface area contributed by atoms with E-state index in [1.54, 1.807) is 18.2 Å². The minimum atomic E-state index is -1.07. The highest BCUT2D eigenvalue weighted by Crippen LogP contribution is 2.40. The van der Waals surface area contributed by atoms with Crippen molar-refractivity contribution >= 4 is 46.8 Å². The molecule has 5 rings (SSSR count). The number of urea groups is 1. The van der Waals surface area contributed by atoms with E-state index in [0.29, 0.717) is 23.6 Å². The van der Waals surface area contributed by atoms with Gasteiger partial charge < -0.3 is 31.0 Å². The van der Waals surface area contributed by atoms with Crippen LogP contribution in [0.4, 0.5) is 4.79 Å². The molecule has 12 nitrogen and oxygen atoms in total. The number of hydrogen-bond donors (Lipinski definition) is 4. The first-order chi connectivity index (χ1) is 23.3. The maximum atomic E-state index is 14.5. The Morgan fingerprint density at radius 2 is 1.78 bits per heavy atom. The third kappa shape index (κ3) is 8.97. The molecule has 3 aliphatic rings. The molecule has 2 aromatic rings. The largest absolute Gasteiger partial charge is 0.387 e. The molecule has 262 valence electrons. The van der Waals surface area contributed by atoms with Gasteiger partial charge in [-0.1, -0.05) is 93.3 Å². The Morgan fingerprint density at radius 3 is 2.43 bits per heavy atom. The summed E-state index contributed by atoms with van der Waals surface area (Å²) in [4.78, 5) is 75.0. The van der Waals surface area contributed by atoms with Gasteiger partial charge in [-0.15, -0.1) is 0 Å². The van der Waals surface area contributed by atoms with Crippen molar-refractivity contribution in [2.75, 3.05) is 6.54 Å². The van der Waals surface area contributed by atoms with Gasteiger partial charge in [0.25, 0.3) is 5.91 Å². The lowest BCUT2D eigenvalue weighted by atomic mass is 9.85. The Hall–Kier alpha value is -4.45. The first-order valence-electron chi connectivity index (χ1n) is 16.8. The van der Waals surface area contributed by atoms with Crippen LogP contribution in [0.25, 0.3) is 0 Å². The van der Waals surface area contributed by atoms with Gasteiger partial charge in [0.15, 0.2) is 5.60 Å². The molecule has 13 heteroatoms. The van der Waals surface area contributed by atoms with E-state index in [-0.39, 0.29) is 32.0 Å². The summed E-state index contributed by atoms with van der Waals surface area (Å²) in [6, 6.07) is 12.9. The van der Waals surface area contributed by atoms with E-state index in [1.165, 1.54) is 4.90 Å². The summed E-state index contributed by atoms with van der Waals surface area (Å²) in [5.74, 6) is -2.52. The van der Waals surface area contributed by atoms with Crippen LogP contribution in [0, 0.1) is 5.41 Å². The Labute approximate surface area is 291 Å². The van der Waals surface area contributed by atoms with E-state index >= 15 is 0 Å². The van der Waals surface area contributed by atoms with Gasteiger partial charge in [-0.2, -0.15) is 0 Å². The van der Waals surface area contributed by atoms with Crippen LogP contribution in [0.1, 0.15) is 77.3 Å². The van der Waals surface area contributed by atoms with Crippen molar-refractivity contribution < 1.29 is 28.8 Å². The SMILES string of the molecule is CCC[C@@H](NC(=O)[C@H]1C[C@]2(CC(c3cccc(Cl)c3)=NO2)CN1C(=O)[C@@H](NC(=O)NCc1ccccc1)C(C)(C)C)C(=O)C(=O)NC1CC1. The zero-order chi connectivity index (χ0) is 35.3. The Balaban J connectivity index is 1.38. The molecule has 5 amide bonds. The molecule has 1 saturated carbocycles. The van der Waals surface area contributed by atoms with E-state index in [1.807, 2.05) is 64.1 Å². The van der Waals surface area contributed by atoms with Crippen molar-refractivity contribution in [2.24, 2.45) is 10.6 Å². The number of carbonyl (C=O) groups excluding carboxylic acids is 5. The normalized spacial score (nSPS) is 21.3. The number of halogens is 1. The molecule has 2 heterocycles. The fourth-order valence-electron chi connectivity index (χ4n) is 6.19. The van der Waals surface area contributed by atoms with E-state index in [0.717, 1.165) is 24.0 Å². The standard InChI is InChI=1S/C36H45ClN6O6/c1-5-10-26(29(44)32(46)39-25-15-16-25)40-31(45)28-19-36(18-27(42-49-36)23-13-9-14-24(37)17-23)21-43(28)33(47)30(35(2,3)4)41-34(48)38-20-22-11-7-6-8-12-22/h6-9,11-14,17,25-26,28,30H,5,10,15-16,18-21H2,1-4H3,(H,39,46)(H,40,45)(H2,38,41,48)/t26-,28-,30-,36-/m1/s1. The molecule has 49 heavy (non-hydrogen) atoms. The van der Waals surface area contributed by atoms with E-state index < -0.39 is 58.7 Å². The average molecular weight is 693 g/mol. The van der Waals surface area contributed by atoms with Crippen molar-refractivity contribution in [3.63, 3.8) is 0 Å². The van der Waals surface area contributed by atoms with Crippen LogP contribution >= 0.6 is 11.6 Å². The van der Waals surface area contributed by atoms with Gasteiger partial charge in [0.05, 0.1) is 18.3 Å². The summed E-state index contributed by atoms with van der Waals surface area (Å²) < 4.78 is 0. The maximum absolute atomic E-state index is 14.5. The predicted octanol–water partition coefficient (Wildman–Crippen LogP) is 3.85. The molecule has 0 aromatic heterocycles.